The van der Waals surface area contributed by atoms with Crippen LogP contribution < -0.4 is 15.4 Å². The van der Waals surface area contributed by atoms with E-state index in [1.807, 2.05) is 37.3 Å². The molecule has 2 amide bonds. The van der Waals surface area contributed by atoms with Gasteiger partial charge in [-0.25, -0.2) is 4.79 Å². The quantitative estimate of drug-likeness (QED) is 0.350. The molecule has 3 aromatic rings. The molecule has 0 saturated heterocycles. The smallest absolute Gasteiger partial charge is 0.407 e. The summed E-state index contributed by atoms with van der Waals surface area (Å²) in [5, 5.41) is 6.88. The number of pyridine rings is 1. The van der Waals surface area contributed by atoms with Gasteiger partial charge in [0.2, 0.25) is 0 Å². The molecule has 1 aliphatic carbocycles. The van der Waals surface area contributed by atoms with Crippen molar-refractivity contribution in [3.05, 3.63) is 71.4 Å². The van der Waals surface area contributed by atoms with Crippen LogP contribution in [-0.2, 0) is 20.9 Å². The number of rotatable bonds is 8. The summed E-state index contributed by atoms with van der Waals surface area (Å²) in [6, 6.07) is 15.6. The zero-order valence-electron chi connectivity index (χ0n) is 24.4. The second-order valence-electron chi connectivity index (χ2n) is 11.3. The fourth-order valence-electron chi connectivity index (χ4n) is 5.15. The highest BCUT2D eigenvalue weighted by Crippen LogP contribution is 2.28. The van der Waals surface area contributed by atoms with E-state index in [1.165, 1.54) is 0 Å². The number of para-hydroxylation sites is 1. The topological polar surface area (TPSA) is 116 Å². The van der Waals surface area contributed by atoms with Gasteiger partial charge in [0.1, 0.15) is 18.0 Å². The molecule has 0 aliphatic heterocycles. The number of aromatic nitrogens is 1. The molecule has 1 saturated carbocycles. The lowest BCUT2D eigenvalue weighted by molar-refractivity contribution is -0.150. The summed E-state index contributed by atoms with van der Waals surface area (Å²) < 4.78 is 16.7. The summed E-state index contributed by atoms with van der Waals surface area (Å²) in [6.45, 7) is 9.63. The fourth-order valence-corrected chi connectivity index (χ4v) is 5.15. The first-order chi connectivity index (χ1) is 19.5. The summed E-state index contributed by atoms with van der Waals surface area (Å²) in [4.78, 5) is 43.2. The average Bonchev–Trinajstić information content (AvgIpc) is 2.91. The molecule has 3 unspecified atom stereocenters. The standard InChI is InChI=1S/C32H39N3O6/c1-6-39-30(37)25-11-9-13-27(34-31(38)41-32(3,4)5)28(25)35-29(36)21-14-16-23(17-15-21)40-19-22-18-20(2)33-26-12-8-7-10-24(22)26/h7-8,10,12,14-18,25,27-28H,6,9,11,13,19H2,1-5H3,(H,34,38)(H,35,36). The Kier molecular flexibility index (Phi) is 9.47. The molecule has 1 aromatic heterocycles. The summed E-state index contributed by atoms with van der Waals surface area (Å²) in [5.74, 6) is -0.721. The van der Waals surface area contributed by atoms with Crippen LogP contribution >= 0.6 is 0 Å². The number of fused-ring (bicyclic) bond motifs is 1. The number of alkyl carbamates (subject to hydrolysis) is 1. The number of amides is 2. The highest BCUT2D eigenvalue weighted by atomic mass is 16.6. The van der Waals surface area contributed by atoms with Crippen LogP contribution in [0.5, 0.6) is 5.75 Å². The summed E-state index contributed by atoms with van der Waals surface area (Å²) in [6.07, 6.45) is 1.25. The van der Waals surface area contributed by atoms with Crippen molar-refractivity contribution >= 4 is 28.9 Å². The minimum absolute atomic E-state index is 0.233. The first-order valence-electron chi connectivity index (χ1n) is 14.1. The van der Waals surface area contributed by atoms with E-state index in [9.17, 15) is 14.4 Å². The maximum Gasteiger partial charge on any atom is 0.407 e. The third-order valence-electron chi connectivity index (χ3n) is 6.93. The molecule has 3 atom stereocenters. The third-order valence-corrected chi connectivity index (χ3v) is 6.93. The number of esters is 1. The SMILES string of the molecule is CCOC(=O)C1CCCC(NC(=O)OC(C)(C)C)C1NC(=O)c1ccc(OCc2cc(C)nc3ccccc23)cc1. The molecule has 0 radical (unpaired) electrons. The molecule has 9 heteroatoms. The number of hydrogen-bond donors (Lipinski definition) is 2. The molecule has 2 N–H and O–H groups in total. The van der Waals surface area contributed by atoms with E-state index in [1.54, 1.807) is 52.0 Å². The molecule has 1 aliphatic rings. The normalized spacial score (nSPS) is 18.8. The minimum atomic E-state index is -0.675. The van der Waals surface area contributed by atoms with Crippen LogP contribution in [0.15, 0.2) is 54.6 Å². The van der Waals surface area contributed by atoms with E-state index < -0.39 is 35.7 Å². The van der Waals surface area contributed by atoms with Crippen molar-refractivity contribution in [2.45, 2.75) is 78.2 Å². The van der Waals surface area contributed by atoms with E-state index in [2.05, 4.69) is 15.6 Å². The highest BCUT2D eigenvalue weighted by molar-refractivity contribution is 5.95. The van der Waals surface area contributed by atoms with Crippen LogP contribution in [0.1, 0.15) is 68.6 Å². The predicted octanol–water partition coefficient (Wildman–Crippen LogP) is 5.48. The van der Waals surface area contributed by atoms with Crippen molar-refractivity contribution in [1.82, 2.24) is 15.6 Å². The molecule has 9 nitrogen and oxygen atoms in total. The number of nitrogens with zero attached hydrogens (tertiary/aromatic N) is 1. The molecule has 41 heavy (non-hydrogen) atoms. The molecule has 0 bridgehead atoms. The summed E-state index contributed by atoms with van der Waals surface area (Å²) >= 11 is 0. The maximum absolute atomic E-state index is 13.3. The van der Waals surface area contributed by atoms with Gasteiger partial charge in [0.05, 0.1) is 30.1 Å². The summed E-state index contributed by atoms with van der Waals surface area (Å²) in [5.41, 5.74) is 2.59. The lowest BCUT2D eigenvalue weighted by atomic mass is 9.80. The Balaban J connectivity index is 1.45. The summed E-state index contributed by atoms with van der Waals surface area (Å²) in [7, 11) is 0. The van der Waals surface area contributed by atoms with E-state index in [-0.39, 0.29) is 12.5 Å². The van der Waals surface area contributed by atoms with Gasteiger partial charge in [-0.05, 0) is 83.9 Å². The molecular weight excluding hydrogens is 522 g/mol. The molecular formula is C32H39N3O6. The molecule has 4 rings (SSSR count). The number of benzene rings is 2. The number of aryl methyl sites for hydroxylation is 1. The Bertz CT molecular complexity index is 1380. The largest absolute Gasteiger partial charge is 0.489 e. The van der Waals surface area contributed by atoms with Crippen molar-refractivity contribution in [1.29, 1.82) is 0 Å². The van der Waals surface area contributed by atoms with Gasteiger partial charge in [0.25, 0.3) is 5.91 Å². The second kappa shape index (κ2) is 13.0. The lowest BCUT2D eigenvalue weighted by Crippen LogP contribution is -2.59. The van der Waals surface area contributed by atoms with Crippen molar-refractivity contribution in [2.75, 3.05) is 6.61 Å². The average molecular weight is 562 g/mol. The Morgan fingerprint density at radius 3 is 2.44 bits per heavy atom. The van der Waals surface area contributed by atoms with Crippen molar-refractivity contribution < 1.29 is 28.6 Å². The predicted molar refractivity (Wildman–Crippen MR) is 156 cm³/mol. The van der Waals surface area contributed by atoms with Crippen LogP contribution in [0.25, 0.3) is 10.9 Å². The Morgan fingerprint density at radius 1 is 1.00 bits per heavy atom. The minimum Gasteiger partial charge on any atom is -0.489 e. The molecule has 0 spiro atoms. The van der Waals surface area contributed by atoms with Gasteiger partial charge >= 0.3 is 12.1 Å². The molecule has 1 fully saturated rings. The van der Waals surface area contributed by atoms with Gasteiger partial charge < -0.3 is 24.8 Å². The van der Waals surface area contributed by atoms with Gasteiger partial charge in [-0.15, -0.1) is 0 Å². The fraction of sp³-hybridized carbons (Fsp3) is 0.438. The van der Waals surface area contributed by atoms with Gasteiger partial charge in [-0.1, -0.05) is 24.6 Å². The molecule has 2 aromatic carbocycles. The highest BCUT2D eigenvalue weighted by Gasteiger charge is 2.40. The van der Waals surface area contributed by atoms with Crippen molar-refractivity contribution in [3.8, 4) is 5.75 Å². The first-order valence-corrected chi connectivity index (χ1v) is 14.1. The van der Waals surface area contributed by atoms with Gasteiger partial charge in [0.15, 0.2) is 0 Å². The second-order valence-corrected chi connectivity index (χ2v) is 11.3. The maximum atomic E-state index is 13.3. The van der Waals surface area contributed by atoms with Gasteiger partial charge in [0, 0.05) is 22.2 Å². The van der Waals surface area contributed by atoms with Gasteiger partial charge in [-0.3, -0.25) is 14.6 Å². The van der Waals surface area contributed by atoms with E-state index in [0.29, 0.717) is 37.2 Å². The Morgan fingerprint density at radius 2 is 1.73 bits per heavy atom. The first kappa shape index (κ1) is 29.8. The van der Waals surface area contributed by atoms with Gasteiger partial charge in [-0.2, -0.15) is 0 Å². The van der Waals surface area contributed by atoms with Crippen molar-refractivity contribution in [2.24, 2.45) is 5.92 Å². The monoisotopic (exact) mass is 561 g/mol. The number of ether oxygens (including phenoxy) is 3. The van der Waals surface area contributed by atoms with Crippen LogP contribution in [0.2, 0.25) is 0 Å². The lowest BCUT2D eigenvalue weighted by Gasteiger charge is -2.38. The van der Waals surface area contributed by atoms with Crippen LogP contribution in [0, 0.1) is 12.8 Å². The van der Waals surface area contributed by atoms with E-state index in [4.69, 9.17) is 14.2 Å². The van der Waals surface area contributed by atoms with E-state index >= 15 is 0 Å². The number of hydrogen-bond acceptors (Lipinski definition) is 7. The molecule has 218 valence electrons. The molecule has 1 heterocycles. The number of carbonyl (C=O) groups is 3. The number of nitrogens with one attached hydrogen (secondary N) is 2. The zero-order chi connectivity index (χ0) is 29.6. The van der Waals surface area contributed by atoms with Crippen LogP contribution in [0.4, 0.5) is 4.79 Å². The van der Waals surface area contributed by atoms with Crippen LogP contribution in [-0.4, -0.2) is 47.2 Å². The zero-order valence-corrected chi connectivity index (χ0v) is 24.4. The van der Waals surface area contributed by atoms with Crippen molar-refractivity contribution in [3.63, 3.8) is 0 Å². The van der Waals surface area contributed by atoms with E-state index in [0.717, 1.165) is 22.2 Å². The Labute approximate surface area is 241 Å². The number of carbonyl (C=O) groups excluding carboxylic acids is 3. The van der Waals surface area contributed by atoms with Crippen LogP contribution in [0.3, 0.4) is 0 Å². The Hall–Kier alpha value is -4.14. The third kappa shape index (κ3) is 7.96.